The van der Waals surface area contributed by atoms with Gasteiger partial charge in [-0.1, -0.05) is 0 Å². The molecule has 1 amide bonds. The Morgan fingerprint density at radius 2 is 1.86 bits per heavy atom. The normalized spacial score (nSPS) is 15.8. The van der Waals surface area contributed by atoms with Crippen LogP contribution in [-0.2, 0) is 19.4 Å². The van der Waals surface area contributed by atoms with Gasteiger partial charge in [-0.15, -0.1) is 0 Å². The third-order valence-corrected chi connectivity index (χ3v) is 4.44. The van der Waals surface area contributed by atoms with Crippen molar-refractivity contribution in [1.82, 2.24) is 4.90 Å². The van der Waals surface area contributed by atoms with Crippen LogP contribution in [0.15, 0.2) is 29.2 Å². The molecule has 1 aromatic rings. The molecule has 0 unspecified atom stereocenters. The van der Waals surface area contributed by atoms with Crippen LogP contribution < -0.4 is 5.32 Å². The zero-order valence-corrected chi connectivity index (χ0v) is 12.9. The summed E-state index contributed by atoms with van der Waals surface area (Å²) in [6.45, 7) is 3.04. The van der Waals surface area contributed by atoms with Crippen LogP contribution in [0, 0.1) is 0 Å². The minimum absolute atomic E-state index is 0.110. The van der Waals surface area contributed by atoms with Crippen LogP contribution in [0.4, 0.5) is 5.69 Å². The number of sulfone groups is 1. The van der Waals surface area contributed by atoms with Gasteiger partial charge >= 0.3 is 0 Å². The quantitative estimate of drug-likeness (QED) is 0.868. The topological polar surface area (TPSA) is 75.7 Å². The van der Waals surface area contributed by atoms with Crippen molar-refractivity contribution in [2.24, 2.45) is 0 Å². The van der Waals surface area contributed by atoms with Crippen LogP contribution >= 0.6 is 0 Å². The second-order valence-electron chi connectivity index (χ2n) is 4.97. The molecule has 0 aromatic heterocycles. The van der Waals surface area contributed by atoms with E-state index in [9.17, 15) is 13.2 Å². The number of ether oxygens (including phenoxy) is 1. The SMILES string of the molecule is CS(=O)(=O)c1ccc(NCCC(=O)N2CCOCC2)cc1. The number of rotatable bonds is 5. The maximum atomic E-state index is 11.9. The van der Waals surface area contributed by atoms with Gasteiger partial charge in [0.2, 0.25) is 5.91 Å². The van der Waals surface area contributed by atoms with Gasteiger partial charge < -0.3 is 15.0 Å². The zero-order valence-electron chi connectivity index (χ0n) is 12.0. The molecular weight excluding hydrogens is 292 g/mol. The molecule has 0 saturated carbocycles. The van der Waals surface area contributed by atoms with Gasteiger partial charge in [-0.2, -0.15) is 0 Å². The summed E-state index contributed by atoms with van der Waals surface area (Å²) in [6, 6.07) is 6.52. The first-order chi connectivity index (χ1) is 9.97. The van der Waals surface area contributed by atoms with Gasteiger partial charge in [0, 0.05) is 38.0 Å². The van der Waals surface area contributed by atoms with E-state index in [1.807, 2.05) is 0 Å². The zero-order chi connectivity index (χ0) is 15.3. The standard InChI is InChI=1S/C14H20N2O4S/c1-21(18,19)13-4-2-12(3-5-13)15-7-6-14(17)16-8-10-20-11-9-16/h2-5,15H,6-11H2,1H3. The third kappa shape index (κ3) is 4.71. The Morgan fingerprint density at radius 3 is 2.43 bits per heavy atom. The smallest absolute Gasteiger partial charge is 0.224 e. The number of hydrogen-bond acceptors (Lipinski definition) is 5. The molecule has 0 atom stereocenters. The average molecular weight is 312 g/mol. The van der Waals surface area contributed by atoms with E-state index in [1.54, 1.807) is 29.2 Å². The summed E-state index contributed by atoms with van der Waals surface area (Å²) >= 11 is 0. The van der Waals surface area contributed by atoms with Gasteiger partial charge in [0.15, 0.2) is 9.84 Å². The Hall–Kier alpha value is -1.60. The van der Waals surface area contributed by atoms with Crippen molar-refractivity contribution < 1.29 is 17.9 Å². The molecule has 1 saturated heterocycles. The first-order valence-corrected chi connectivity index (χ1v) is 8.75. The van der Waals surface area contributed by atoms with Crippen molar-refractivity contribution in [2.75, 3.05) is 44.4 Å². The monoisotopic (exact) mass is 312 g/mol. The summed E-state index contributed by atoms with van der Waals surface area (Å²) in [5.41, 5.74) is 0.803. The van der Waals surface area contributed by atoms with Crippen LogP contribution in [0.5, 0.6) is 0 Å². The molecule has 1 fully saturated rings. The number of anilines is 1. The predicted octanol–water partition coefficient (Wildman–Crippen LogP) is 0.751. The highest BCUT2D eigenvalue weighted by molar-refractivity contribution is 7.90. The number of hydrogen-bond donors (Lipinski definition) is 1. The summed E-state index contributed by atoms with van der Waals surface area (Å²) in [5, 5.41) is 3.12. The molecule has 1 aliphatic rings. The molecule has 0 aliphatic carbocycles. The number of benzene rings is 1. The lowest BCUT2D eigenvalue weighted by Gasteiger charge is -2.26. The van der Waals surface area contributed by atoms with Crippen LogP contribution in [0.3, 0.4) is 0 Å². The van der Waals surface area contributed by atoms with E-state index in [4.69, 9.17) is 4.74 Å². The second kappa shape index (κ2) is 6.91. The number of nitrogens with one attached hydrogen (secondary N) is 1. The number of carbonyl (C=O) groups excluding carboxylic acids is 1. The Kier molecular flexibility index (Phi) is 5.19. The Bertz CT molecular complexity index is 577. The molecule has 0 radical (unpaired) electrons. The molecule has 1 N–H and O–H groups in total. The largest absolute Gasteiger partial charge is 0.385 e. The van der Waals surface area contributed by atoms with E-state index in [2.05, 4.69) is 5.32 Å². The highest BCUT2D eigenvalue weighted by Gasteiger charge is 2.16. The molecule has 6 nitrogen and oxygen atoms in total. The van der Waals surface area contributed by atoms with Gasteiger partial charge in [0.1, 0.15) is 0 Å². The Balaban J connectivity index is 1.79. The highest BCUT2D eigenvalue weighted by Crippen LogP contribution is 2.13. The van der Waals surface area contributed by atoms with E-state index in [-0.39, 0.29) is 10.8 Å². The summed E-state index contributed by atoms with van der Waals surface area (Å²) in [6.07, 6.45) is 1.59. The van der Waals surface area contributed by atoms with Crippen molar-refractivity contribution in [1.29, 1.82) is 0 Å². The minimum Gasteiger partial charge on any atom is -0.385 e. The maximum Gasteiger partial charge on any atom is 0.224 e. The molecule has 7 heteroatoms. The predicted molar refractivity (Wildman–Crippen MR) is 80.1 cm³/mol. The van der Waals surface area contributed by atoms with Crippen molar-refractivity contribution in [3.63, 3.8) is 0 Å². The van der Waals surface area contributed by atoms with Crippen molar-refractivity contribution in [2.45, 2.75) is 11.3 Å². The third-order valence-electron chi connectivity index (χ3n) is 3.31. The summed E-state index contributed by atoms with van der Waals surface area (Å²) in [5.74, 6) is 0.110. The lowest BCUT2D eigenvalue weighted by Crippen LogP contribution is -2.41. The number of carbonyl (C=O) groups is 1. The van der Waals surface area contributed by atoms with Crippen molar-refractivity contribution >= 4 is 21.4 Å². The fourth-order valence-corrected chi connectivity index (χ4v) is 2.74. The molecule has 1 heterocycles. The van der Waals surface area contributed by atoms with Gasteiger partial charge in [-0.3, -0.25) is 4.79 Å². The molecule has 116 valence electrons. The summed E-state index contributed by atoms with van der Waals surface area (Å²) in [7, 11) is -3.17. The molecule has 0 bridgehead atoms. The summed E-state index contributed by atoms with van der Waals surface area (Å²) < 4.78 is 27.9. The molecule has 2 rings (SSSR count). The number of nitrogens with zero attached hydrogens (tertiary/aromatic N) is 1. The van der Waals surface area contributed by atoms with Crippen molar-refractivity contribution in [3.8, 4) is 0 Å². The average Bonchev–Trinajstić information content (AvgIpc) is 2.47. The van der Waals surface area contributed by atoms with E-state index in [0.29, 0.717) is 39.3 Å². The van der Waals surface area contributed by atoms with Crippen LogP contribution in [0.1, 0.15) is 6.42 Å². The van der Waals surface area contributed by atoms with Gasteiger partial charge in [0.25, 0.3) is 0 Å². The first-order valence-electron chi connectivity index (χ1n) is 6.86. The van der Waals surface area contributed by atoms with Crippen LogP contribution in [0.2, 0.25) is 0 Å². The first kappa shape index (κ1) is 15.8. The number of morpholine rings is 1. The molecule has 0 spiro atoms. The fourth-order valence-electron chi connectivity index (χ4n) is 2.10. The van der Waals surface area contributed by atoms with Gasteiger partial charge in [0.05, 0.1) is 18.1 Å². The second-order valence-corrected chi connectivity index (χ2v) is 6.98. The fraction of sp³-hybridized carbons (Fsp3) is 0.500. The van der Waals surface area contributed by atoms with Gasteiger partial charge in [-0.25, -0.2) is 8.42 Å². The maximum absolute atomic E-state index is 11.9. The lowest BCUT2D eigenvalue weighted by atomic mass is 10.3. The Labute approximate surface area is 125 Å². The van der Waals surface area contributed by atoms with Gasteiger partial charge in [-0.05, 0) is 24.3 Å². The minimum atomic E-state index is -3.17. The lowest BCUT2D eigenvalue weighted by molar-refractivity contribution is -0.134. The van der Waals surface area contributed by atoms with E-state index in [0.717, 1.165) is 5.69 Å². The number of amides is 1. The molecular formula is C14H20N2O4S. The Morgan fingerprint density at radius 1 is 1.24 bits per heavy atom. The van der Waals surface area contributed by atoms with E-state index >= 15 is 0 Å². The molecule has 21 heavy (non-hydrogen) atoms. The van der Waals surface area contributed by atoms with Crippen LogP contribution in [-0.4, -0.2) is 58.3 Å². The van der Waals surface area contributed by atoms with Crippen molar-refractivity contribution in [3.05, 3.63) is 24.3 Å². The summed E-state index contributed by atoms with van der Waals surface area (Å²) in [4.78, 5) is 14.0. The highest BCUT2D eigenvalue weighted by atomic mass is 32.2. The van der Waals surface area contributed by atoms with E-state index < -0.39 is 9.84 Å². The van der Waals surface area contributed by atoms with Crippen LogP contribution in [0.25, 0.3) is 0 Å². The molecule has 1 aromatic carbocycles. The van der Waals surface area contributed by atoms with E-state index in [1.165, 1.54) is 6.26 Å². The molecule has 1 aliphatic heterocycles.